The lowest BCUT2D eigenvalue weighted by Crippen LogP contribution is -2.49. The third-order valence-electron chi connectivity index (χ3n) is 4.21. The standard InChI is InChI=1S/C18H27N3O2/c1-13(2)11-20(12-15-8-6-14(3)7-9-15)17(22)16-5-4-10-21(16)18(19)23/h6-9,13,16H,4-5,10-12H2,1-3H3,(H2,19,23). The highest BCUT2D eigenvalue weighted by Crippen LogP contribution is 2.21. The molecule has 23 heavy (non-hydrogen) atoms. The van der Waals surface area contributed by atoms with Gasteiger partial charge in [-0.3, -0.25) is 4.79 Å². The molecule has 1 aromatic carbocycles. The Bertz CT molecular complexity index is 554. The van der Waals surface area contributed by atoms with Crippen molar-refractivity contribution in [1.82, 2.24) is 9.80 Å². The number of carbonyl (C=O) groups excluding carboxylic acids is 2. The summed E-state index contributed by atoms with van der Waals surface area (Å²) in [6.45, 7) is 8.05. The largest absolute Gasteiger partial charge is 0.351 e. The molecule has 0 aromatic heterocycles. The molecule has 1 fully saturated rings. The van der Waals surface area contributed by atoms with Gasteiger partial charge in [-0.05, 0) is 31.2 Å². The molecule has 5 nitrogen and oxygen atoms in total. The van der Waals surface area contributed by atoms with Crippen LogP contribution in [0, 0.1) is 12.8 Å². The minimum absolute atomic E-state index is 0.00979. The summed E-state index contributed by atoms with van der Waals surface area (Å²) in [4.78, 5) is 27.8. The SMILES string of the molecule is Cc1ccc(CN(CC(C)C)C(=O)C2CCCN2C(N)=O)cc1. The third-order valence-corrected chi connectivity index (χ3v) is 4.21. The van der Waals surface area contributed by atoms with Crippen molar-refractivity contribution < 1.29 is 9.59 Å². The zero-order chi connectivity index (χ0) is 17.0. The summed E-state index contributed by atoms with van der Waals surface area (Å²) in [6, 6.07) is 7.31. The molecular formula is C18H27N3O2. The van der Waals surface area contributed by atoms with Crippen LogP contribution >= 0.6 is 0 Å². The van der Waals surface area contributed by atoms with Gasteiger partial charge < -0.3 is 15.5 Å². The predicted octanol–water partition coefficient (Wildman–Crippen LogP) is 2.52. The molecule has 0 saturated carbocycles. The highest BCUT2D eigenvalue weighted by Gasteiger charge is 2.35. The van der Waals surface area contributed by atoms with Crippen molar-refractivity contribution >= 4 is 11.9 Å². The monoisotopic (exact) mass is 317 g/mol. The van der Waals surface area contributed by atoms with Gasteiger partial charge in [-0.1, -0.05) is 43.7 Å². The van der Waals surface area contributed by atoms with E-state index in [0.29, 0.717) is 32.0 Å². The Hall–Kier alpha value is -2.04. The molecule has 2 rings (SSSR count). The van der Waals surface area contributed by atoms with Gasteiger partial charge in [-0.15, -0.1) is 0 Å². The Labute approximate surface area is 138 Å². The lowest BCUT2D eigenvalue weighted by Gasteiger charge is -2.31. The molecular weight excluding hydrogens is 290 g/mol. The van der Waals surface area contributed by atoms with E-state index in [-0.39, 0.29) is 5.91 Å². The average molecular weight is 317 g/mol. The molecule has 0 bridgehead atoms. The summed E-state index contributed by atoms with van der Waals surface area (Å²) < 4.78 is 0. The Kier molecular flexibility index (Phi) is 5.64. The van der Waals surface area contributed by atoms with E-state index < -0.39 is 12.1 Å². The number of nitrogens with two attached hydrogens (primary N) is 1. The van der Waals surface area contributed by atoms with Crippen LogP contribution in [0.3, 0.4) is 0 Å². The fourth-order valence-corrected chi connectivity index (χ4v) is 3.09. The van der Waals surface area contributed by atoms with Crippen molar-refractivity contribution in [3.63, 3.8) is 0 Å². The minimum Gasteiger partial charge on any atom is -0.351 e. The van der Waals surface area contributed by atoms with Crippen LogP contribution in [0.5, 0.6) is 0 Å². The van der Waals surface area contributed by atoms with Crippen molar-refractivity contribution in [1.29, 1.82) is 0 Å². The van der Waals surface area contributed by atoms with Crippen LogP contribution in [0.25, 0.3) is 0 Å². The van der Waals surface area contributed by atoms with Gasteiger partial charge >= 0.3 is 6.03 Å². The Morgan fingerprint density at radius 2 is 1.96 bits per heavy atom. The van der Waals surface area contributed by atoms with Crippen LogP contribution < -0.4 is 5.73 Å². The number of likely N-dealkylation sites (tertiary alicyclic amines) is 1. The number of rotatable bonds is 5. The first kappa shape index (κ1) is 17.3. The first-order chi connectivity index (χ1) is 10.9. The van der Waals surface area contributed by atoms with Crippen molar-refractivity contribution in [2.24, 2.45) is 11.7 Å². The second kappa shape index (κ2) is 7.49. The highest BCUT2D eigenvalue weighted by molar-refractivity contribution is 5.87. The van der Waals surface area contributed by atoms with Crippen molar-refractivity contribution in [3.05, 3.63) is 35.4 Å². The van der Waals surface area contributed by atoms with E-state index >= 15 is 0 Å². The van der Waals surface area contributed by atoms with Gasteiger partial charge in [0.2, 0.25) is 5.91 Å². The molecule has 1 unspecified atom stereocenters. The van der Waals surface area contributed by atoms with E-state index in [2.05, 4.69) is 38.1 Å². The topological polar surface area (TPSA) is 66.6 Å². The van der Waals surface area contributed by atoms with Gasteiger partial charge in [0.1, 0.15) is 6.04 Å². The molecule has 2 N–H and O–H groups in total. The summed E-state index contributed by atoms with van der Waals surface area (Å²) >= 11 is 0. The van der Waals surface area contributed by atoms with Crippen LogP contribution in [0.4, 0.5) is 4.79 Å². The molecule has 1 aliphatic rings. The number of urea groups is 1. The fraction of sp³-hybridized carbons (Fsp3) is 0.556. The zero-order valence-corrected chi connectivity index (χ0v) is 14.3. The normalized spacial score (nSPS) is 17.6. The van der Waals surface area contributed by atoms with Crippen LogP contribution in [0.1, 0.15) is 37.8 Å². The van der Waals surface area contributed by atoms with E-state index in [1.165, 1.54) is 10.5 Å². The molecule has 0 spiro atoms. The number of carbonyl (C=O) groups is 2. The summed E-state index contributed by atoms with van der Waals surface area (Å²) in [5.74, 6) is 0.378. The van der Waals surface area contributed by atoms with Gasteiger partial charge in [-0.2, -0.15) is 0 Å². The maximum absolute atomic E-state index is 12.9. The average Bonchev–Trinajstić information content (AvgIpc) is 2.97. The number of aryl methyl sites for hydroxylation is 1. The number of hydrogen-bond donors (Lipinski definition) is 1. The Morgan fingerprint density at radius 3 is 2.52 bits per heavy atom. The molecule has 1 aromatic rings. The summed E-state index contributed by atoms with van der Waals surface area (Å²) in [5.41, 5.74) is 7.72. The molecule has 126 valence electrons. The molecule has 1 aliphatic heterocycles. The minimum atomic E-state index is -0.499. The van der Waals surface area contributed by atoms with Gasteiger partial charge in [-0.25, -0.2) is 4.79 Å². The van der Waals surface area contributed by atoms with Crippen LogP contribution in [0.2, 0.25) is 0 Å². The number of hydrogen-bond acceptors (Lipinski definition) is 2. The van der Waals surface area contributed by atoms with Gasteiger partial charge in [0.15, 0.2) is 0 Å². The van der Waals surface area contributed by atoms with Gasteiger partial charge in [0.05, 0.1) is 0 Å². The van der Waals surface area contributed by atoms with Gasteiger partial charge in [0.25, 0.3) is 0 Å². The Morgan fingerprint density at radius 1 is 1.30 bits per heavy atom. The van der Waals surface area contributed by atoms with Crippen molar-refractivity contribution in [3.8, 4) is 0 Å². The summed E-state index contributed by atoms with van der Waals surface area (Å²) in [6.07, 6.45) is 1.53. The molecule has 1 saturated heterocycles. The molecule has 1 atom stereocenters. The number of primary amides is 1. The second-order valence-corrected chi connectivity index (χ2v) is 6.79. The molecule has 3 amide bonds. The zero-order valence-electron chi connectivity index (χ0n) is 14.3. The molecule has 0 aliphatic carbocycles. The quantitative estimate of drug-likeness (QED) is 0.907. The third kappa shape index (κ3) is 4.47. The summed E-state index contributed by atoms with van der Waals surface area (Å²) in [5, 5.41) is 0. The van der Waals surface area contributed by atoms with E-state index in [4.69, 9.17) is 5.73 Å². The lowest BCUT2D eigenvalue weighted by atomic mass is 10.1. The van der Waals surface area contributed by atoms with Crippen LogP contribution in [0.15, 0.2) is 24.3 Å². The van der Waals surface area contributed by atoms with E-state index in [9.17, 15) is 9.59 Å². The first-order valence-electron chi connectivity index (χ1n) is 8.29. The Balaban J connectivity index is 2.15. The van der Waals surface area contributed by atoms with Crippen LogP contribution in [-0.4, -0.2) is 40.9 Å². The van der Waals surface area contributed by atoms with Crippen molar-refractivity contribution in [2.45, 2.75) is 46.2 Å². The number of nitrogens with zero attached hydrogens (tertiary/aromatic N) is 2. The number of benzene rings is 1. The molecule has 1 heterocycles. The maximum atomic E-state index is 12.9. The highest BCUT2D eigenvalue weighted by atomic mass is 16.2. The summed E-state index contributed by atoms with van der Waals surface area (Å²) in [7, 11) is 0. The number of amides is 3. The predicted molar refractivity (Wildman–Crippen MR) is 90.7 cm³/mol. The smallest absolute Gasteiger partial charge is 0.315 e. The molecule has 0 radical (unpaired) electrons. The van der Waals surface area contributed by atoms with E-state index in [0.717, 1.165) is 12.0 Å². The lowest BCUT2D eigenvalue weighted by molar-refractivity contribution is -0.136. The van der Waals surface area contributed by atoms with E-state index in [1.807, 2.05) is 11.8 Å². The van der Waals surface area contributed by atoms with Gasteiger partial charge in [0, 0.05) is 19.6 Å². The molecule has 5 heteroatoms. The fourth-order valence-electron chi connectivity index (χ4n) is 3.09. The van der Waals surface area contributed by atoms with E-state index in [1.54, 1.807) is 0 Å². The van der Waals surface area contributed by atoms with Crippen molar-refractivity contribution in [2.75, 3.05) is 13.1 Å². The first-order valence-corrected chi connectivity index (χ1v) is 8.29. The second-order valence-electron chi connectivity index (χ2n) is 6.79. The van der Waals surface area contributed by atoms with Crippen LogP contribution in [-0.2, 0) is 11.3 Å². The maximum Gasteiger partial charge on any atom is 0.315 e.